The maximum atomic E-state index is 12.4. The van der Waals surface area contributed by atoms with Gasteiger partial charge in [-0.2, -0.15) is 0 Å². The van der Waals surface area contributed by atoms with Crippen LogP contribution in [0.1, 0.15) is 20.3 Å². The minimum Gasteiger partial charge on any atom is -0.484 e. The number of carbonyl (C=O) groups excluding carboxylic acids is 1. The van der Waals surface area contributed by atoms with Crippen molar-refractivity contribution in [3.8, 4) is 5.75 Å². The number of benzene rings is 3. The Labute approximate surface area is 193 Å². The lowest BCUT2D eigenvalue weighted by molar-refractivity contribution is -0.118. The normalized spacial score (nSPS) is 12.2. The topological polar surface area (TPSA) is 84.5 Å². The molecule has 1 atom stereocenters. The van der Waals surface area contributed by atoms with Gasteiger partial charge in [-0.25, -0.2) is 13.1 Å². The van der Waals surface area contributed by atoms with Crippen molar-refractivity contribution in [1.82, 2.24) is 4.72 Å². The van der Waals surface area contributed by atoms with Crippen LogP contribution in [0.25, 0.3) is 0 Å². The second-order valence-corrected chi connectivity index (χ2v) is 9.98. The summed E-state index contributed by atoms with van der Waals surface area (Å²) in [7, 11) is -3.58. The maximum Gasteiger partial charge on any atom is 0.262 e. The van der Waals surface area contributed by atoms with E-state index in [0.717, 1.165) is 9.79 Å². The highest BCUT2D eigenvalue weighted by molar-refractivity contribution is 7.99. The zero-order valence-electron chi connectivity index (χ0n) is 17.9. The molecule has 3 aromatic rings. The van der Waals surface area contributed by atoms with Gasteiger partial charge in [-0.3, -0.25) is 4.79 Å². The first-order valence-corrected chi connectivity index (χ1v) is 12.5. The lowest BCUT2D eigenvalue weighted by atomic mass is 10.3. The van der Waals surface area contributed by atoms with Crippen molar-refractivity contribution in [2.45, 2.75) is 41.0 Å². The predicted molar refractivity (Wildman–Crippen MR) is 128 cm³/mol. The Balaban J connectivity index is 1.58. The molecule has 1 unspecified atom stereocenters. The van der Waals surface area contributed by atoms with E-state index in [1.807, 2.05) is 68.4 Å². The smallest absolute Gasteiger partial charge is 0.262 e. The maximum absolute atomic E-state index is 12.4. The minimum absolute atomic E-state index is 0.150. The van der Waals surface area contributed by atoms with Crippen LogP contribution >= 0.6 is 11.8 Å². The largest absolute Gasteiger partial charge is 0.484 e. The van der Waals surface area contributed by atoms with Gasteiger partial charge in [-0.05, 0) is 61.9 Å². The first-order valence-electron chi connectivity index (χ1n) is 10.2. The molecule has 0 aromatic heterocycles. The van der Waals surface area contributed by atoms with Crippen LogP contribution in [0, 0.1) is 0 Å². The third-order valence-electron chi connectivity index (χ3n) is 4.60. The highest BCUT2D eigenvalue weighted by Crippen LogP contribution is 2.33. The molecule has 3 rings (SSSR count). The molecular weight excluding hydrogens is 444 g/mol. The van der Waals surface area contributed by atoms with Crippen molar-refractivity contribution < 1.29 is 17.9 Å². The Hall–Kier alpha value is -2.81. The standard InChI is InChI=1S/C24H26N2O4S2/c1-3-18(2)26-32(28,29)21-15-13-19(14-16-21)30-17-24(27)25-22-11-7-8-12-23(22)31-20-9-5-4-6-10-20/h4-16,18,26H,3,17H2,1-2H3,(H,25,27). The molecular formula is C24H26N2O4S2. The number of ether oxygens (including phenoxy) is 1. The summed E-state index contributed by atoms with van der Waals surface area (Å²) in [6.45, 7) is 3.53. The predicted octanol–water partition coefficient (Wildman–Crippen LogP) is 4.93. The summed E-state index contributed by atoms with van der Waals surface area (Å²) < 4.78 is 32.8. The monoisotopic (exact) mass is 470 g/mol. The highest BCUT2D eigenvalue weighted by Gasteiger charge is 2.16. The highest BCUT2D eigenvalue weighted by atomic mass is 32.2. The van der Waals surface area contributed by atoms with Gasteiger partial charge in [0.2, 0.25) is 10.0 Å². The van der Waals surface area contributed by atoms with E-state index in [1.54, 1.807) is 11.8 Å². The SMILES string of the molecule is CCC(C)NS(=O)(=O)c1ccc(OCC(=O)Nc2ccccc2Sc2ccccc2)cc1. The Morgan fingerprint density at radius 2 is 1.62 bits per heavy atom. The van der Waals surface area contributed by atoms with Gasteiger partial charge >= 0.3 is 0 Å². The van der Waals surface area contributed by atoms with E-state index < -0.39 is 10.0 Å². The lowest BCUT2D eigenvalue weighted by Gasteiger charge is -2.13. The second-order valence-electron chi connectivity index (χ2n) is 7.15. The summed E-state index contributed by atoms with van der Waals surface area (Å²) in [4.78, 5) is 14.6. The van der Waals surface area contributed by atoms with Crippen LogP contribution in [0.15, 0.2) is 93.5 Å². The third-order valence-corrected chi connectivity index (χ3v) is 7.29. The summed E-state index contributed by atoms with van der Waals surface area (Å²) in [5.41, 5.74) is 0.701. The first kappa shape index (κ1) is 23.8. The fourth-order valence-electron chi connectivity index (χ4n) is 2.74. The van der Waals surface area contributed by atoms with Crippen molar-refractivity contribution in [3.63, 3.8) is 0 Å². The number of sulfonamides is 1. The van der Waals surface area contributed by atoms with Crippen molar-refractivity contribution in [2.24, 2.45) is 0 Å². The molecule has 0 aliphatic rings. The molecule has 0 radical (unpaired) electrons. The number of hydrogen-bond donors (Lipinski definition) is 2. The third kappa shape index (κ3) is 6.85. The summed E-state index contributed by atoms with van der Waals surface area (Å²) in [5, 5.41) is 2.87. The van der Waals surface area contributed by atoms with E-state index in [9.17, 15) is 13.2 Å². The Kier molecular flexibility index (Phi) is 8.33. The molecule has 0 aliphatic heterocycles. The fraction of sp³-hybridized carbons (Fsp3) is 0.208. The average Bonchev–Trinajstić information content (AvgIpc) is 2.79. The zero-order valence-corrected chi connectivity index (χ0v) is 19.6. The van der Waals surface area contributed by atoms with E-state index in [4.69, 9.17) is 4.74 Å². The first-order chi connectivity index (χ1) is 15.4. The Bertz CT molecular complexity index is 1130. The molecule has 0 aliphatic carbocycles. The zero-order chi connectivity index (χ0) is 23.0. The summed E-state index contributed by atoms with van der Waals surface area (Å²) in [6, 6.07) is 23.3. The van der Waals surface area contributed by atoms with Crippen molar-refractivity contribution in [3.05, 3.63) is 78.9 Å². The summed E-state index contributed by atoms with van der Waals surface area (Å²) in [6.07, 6.45) is 0.697. The fourth-order valence-corrected chi connectivity index (χ4v) is 4.99. The number of nitrogens with one attached hydrogen (secondary N) is 2. The molecule has 0 bridgehead atoms. The number of rotatable bonds is 10. The minimum atomic E-state index is -3.58. The van der Waals surface area contributed by atoms with E-state index in [0.29, 0.717) is 17.9 Å². The Morgan fingerprint density at radius 3 is 2.31 bits per heavy atom. The number of anilines is 1. The molecule has 0 saturated heterocycles. The van der Waals surface area contributed by atoms with Crippen molar-refractivity contribution >= 4 is 33.4 Å². The van der Waals surface area contributed by atoms with E-state index >= 15 is 0 Å². The quantitative estimate of drug-likeness (QED) is 0.439. The summed E-state index contributed by atoms with van der Waals surface area (Å²) >= 11 is 1.56. The molecule has 0 heterocycles. The molecule has 8 heteroatoms. The number of amides is 1. The van der Waals surface area contributed by atoms with Gasteiger partial charge in [0.05, 0.1) is 10.6 Å². The van der Waals surface area contributed by atoms with Gasteiger partial charge in [0.25, 0.3) is 5.91 Å². The van der Waals surface area contributed by atoms with Gasteiger partial charge in [0, 0.05) is 15.8 Å². The van der Waals surface area contributed by atoms with Crippen molar-refractivity contribution in [1.29, 1.82) is 0 Å². The Morgan fingerprint density at radius 1 is 0.969 bits per heavy atom. The summed E-state index contributed by atoms with van der Waals surface area (Å²) in [5.74, 6) is 0.107. The van der Waals surface area contributed by atoms with E-state index in [1.165, 1.54) is 24.3 Å². The van der Waals surface area contributed by atoms with Crippen LogP contribution < -0.4 is 14.8 Å². The molecule has 1 amide bonds. The van der Waals surface area contributed by atoms with Gasteiger partial charge in [-0.1, -0.05) is 49.0 Å². The number of carbonyl (C=O) groups is 1. The van der Waals surface area contributed by atoms with Gasteiger partial charge < -0.3 is 10.1 Å². The number of hydrogen-bond acceptors (Lipinski definition) is 5. The van der Waals surface area contributed by atoms with Crippen LogP contribution in [0.3, 0.4) is 0 Å². The van der Waals surface area contributed by atoms with Crippen LogP contribution in [0.5, 0.6) is 5.75 Å². The van der Waals surface area contributed by atoms with Crippen LogP contribution in [-0.4, -0.2) is 27.0 Å². The molecule has 0 saturated carbocycles. The number of para-hydroxylation sites is 1. The molecule has 32 heavy (non-hydrogen) atoms. The van der Waals surface area contributed by atoms with Crippen LogP contribution in [0.4, 0.5) is 5.69 Å². The average molecular weight is 471 g/mol. The molecule has 3 aromatic carbocycles. The van der Waals surface area contributed by atoms with Gasteiger partial charge in [-0.15, -0.1) is 0 Å². The lowest BCUT2D eigenvalue weighted by Crippen LogP contribution is -2.31. The molecule has 168 valence electrons. The molecule has 6 nitrogen and oxygen atoms in total. The van der Waals surface area contributed by atoms with E-state index in [2.05, 4.69) is 10.0 Å². The van der Waals surface area contributed by atoms with Gasteiger partial charge in [0.1, 0.15) is 5.75 Å². The van der Waals surface area contributed by atoms with Crippen molar-refractivity contribution in [2.75, 3.05) is 11.9 Å². The second kappa shape index (κ2) is 11.2. The molecule has 2 N–H and O–H groups in total. The van der Waals surface area contributed by atoms with E-state index in [-0.39, 0.29) is 23.5 Å². The molecule has 0 spiro atoms. The van der Waals surface area contributed by atoms with Crippen LogP contribution in [0.2, 0.25) is 0 Å². The van der Waals surface area contributed by atoms with Crippen LogP contribution in [-0.2, 0) is 14.8 Å². The van der Waals surface area contributed by atoms with Gasteiger partial charge in [0.15, 0.2) is 6.61 Å². The molecule has 0 fully saturated rings.